The monoisotopic (exact) mass is 406 g/mol. The minimum absolute atomic E-state index is 0.0347. The fourth-order valence-electron chi connectivity index (χ4n) is 2.58. The van der Waals surface area contributed by atoms with Crippen molar-refractivity contribution >= 4 is 38.5 Å². The number of aromatic nitrogens is 2. The number of methoxy groups -OCH3 is 1. The summed E-state index contributed by atoms with van der Waals surface area (Å²) in [6.45, 7) is 2.40. The van der Waals surface area contributed by atoms with Gasteiger partial charge in [-0.3, -0.25) is 9.79 Å². The molecule has 27 heavy (non-hydrogen) atoms. The number of rotatable bonds is 6. The molecule has 0 aliphatic rings. The average Bonchev–Trinajstić information content (AvgIpc) is 3.05. The van der Waals surface area contributed by atoms with Crippen LogP contribution in [0.3, 0.4) is 0 Å². The van der Waals surface area contributed by atoms with E-state index in [-0.39, 0.29) is 17.4 Å². The molecule has 1 atom stereocenters. The quantitative estimate of drug-likeness (QED) is 0.484. The van der Waals surface area contributed by atoms with Crippen molar-refractivity contribution in [2.75, 3.05) is 13.7 Å². The maximum atomic E-state index is 13.1. The molecule has 3 rings (SSSR count). The lowest BCUT2D eigenvalue weighted by molar-refractivity contribution is 0.186. The Kier molecular flexibility index (Phi) is 6.25. The zero-order valence-electron chi connectivity index (χ0n) is 14.9. The van der Waals surface area contributed by atoms with Crippen LogP contribution in [-0.4, -0.2) is 34.9 Å². The summed E-state index contributed by atoms with van der Waals surface area (Å²) >= 11 is 2.69. The lowest BCUT2D eigenvalue weighted by Crippen LogP contribution is -2.16. The maximum Gasteiger partial charge on any atom is 0.260 e. The molecule has 0 radical (unpaired) electrons. The molecule has 0 unspecified atom stereocenters. The number of thiophene rings is 1. The molecule has 0 amide bonds. The standard InChI is InChI=1S/C18H19FN4O2S2/c1-10(7-25-2)21-18(20)27-9-14-22-16(24)15-13(8-26-17(15)23-14)11-3-5-12(19)6-4-11/h3-6,8,10H,7,9H2,1-2H3,(H2,20,21)(H,22,23,24)/t10-/m0/s1. The van der Waals surface area contributed by atoms with Gasteiger partial charge in [-0.1, -0.05) is 23.9 Å². The van der Waals surface area contributed by atoms with E-state index in [1.54, 1.807) is 19.2 Å². The molecule has 2 heterocycles. The van der Waals surface area contributed by atoms with Crippen molar-refractivity contribution in [3.63, 3.8) is 0 Å². The SMILES string of the molecule is COC[C@H](C)N=C(N)SCc1nc2scc(-c3ccc(F)cc3)c2c(=O)[nH]1. The number of hydrogen-bond acceptors (Lipinski definition) is 6. The van der Waals surface area contributed by atoms with Crippen LogP contribution in [0.1, 0.15) is 12.7 Å². The Morgan fingerprint density at radius 1 is 1.44 bits per heavy atom. The Balaban J connectivity index is 1.82. The molecule has 142 valence electrons. The van der Waals surface area contributed by atoms with E-state index >= 15 is 0 Å². The molecule has 0 fully saturated rings. The van der Waals surface area contributed by atoms with Crippen LogP contribution in [0.4, 0.5) is 4.39 Å². The number of thioether (sulfide) groups is 1. The zero-order chi connectivity index (χ0) is 19.4. The third-order valence-corrected chi connectivity index (χ3v) is 5.45. The highest BCUT2D eigenvalue weighted by molar-refractivity contribution is 8.13. The van der Waals surface area contributed by atoms with Gasteiger partial charge in [0.05, 0.1) is 23.8 Å². The van der Waals surface area contributed by atoms with Gasteiger partial charge in [0.25, 0.3) is 5.56 Å². The number of halogens is 1. The summed E-state index contributed by atoms with van der Waals surface area (Å²) in [5.74, 6) is 0.621. The summed E-state index contributed by atoms with van der Waals surface area (Å²) in [5, 5.41) is 2.79. The normalized spacial score (nSPS) is 13.2. The summed E-state index contributed by atoms with van der Waals surface area (Å²) in [6.07, 6.45) is 0. The second kappa shape index (κ2) is 8.64. The second-order valence-electron chi connectivity index (χ2n) is 5.91. The topological polar surface area (TPSA) is 93.4 Å². The van der Waals surface area contributed by atoms with E-state index < -0.39 is 0 Å². The van der Waals surface area contributed by atoms with Crippen molar-refractivity contribution in [1.29, 1.82) is 0 Å². The van der Waals surface area contributed by atoms with Crippen molar-refractivity contribution in [2.24, 2.45) is 10.7 Å². The molecule has 0 aliphatic heterocycles. The fourth-order valence-corrected chi connectivity index (χ4v) is 4.22. The van der Waals surface area contributed by atoms with Crippen molar-refractivity contribution < 1.29 is 9.13 Å². The summed E-state index contributed by atoms with van der Waals surface area (Å²) in [5.41, 5.74) is 7.21. The largest absolute Gasteiger partial charge is 0.382 e. The highest BCUT2D eigenvalue weighted by Crippen LogP contribution is 2.31. The van der Waals surface area contributed by atoms with E-state index in [4.69, 9.17) is 10.5 Å². The summed E-state index contributed by atoms with van der Waals surface area (Å²) in [4.78, 5) is 24.8. The number of benzene rings is 1. The molecule has 0 bridgehead atoms. The van der Waals surface area contributed by atoms with Gasteiger partial charge >= 0.3 is 0 Å². The average molecular weight is 407 g/mol. The summed E-state index contributed by atoms with van der Waals surface area (Å²) < 4.78 is 18.2. The first-order valence-corrected chi connectivity index (χ1v) is 10.1. The fraction of sp³-hybridized carbons (Fsp3) is 0.278. The Labute approximate surface area is 163 Å². The van der Waals surface area contributed by atoms with Gasteiger partial charge in [-0.25, -0.2) is 9.37 Å². The van der Waals surface area contributed by atoms with Crippen molar-refractivity contribution in [3.05, 3.63) is 51.6 Å². The van der Waals surface area contributed by atoms with Gasteiger partial charge in [0.15, 0.2) is 5.17 Å². The first kappa shape index (κ1) is 19.5. The number of nitrogens with one attached hydrogen (secondary N) is 1. The number of aromatic amines is 1. The van der Waals surface area contributed by atoms with Gasteiger partial charge in [0, 0.05) is 18.1 Å². The second-order valence-corrected chi connectivity index (χ2v) is 7.76. The Bertz CT molecular complexity index is 1010. The molecule has 0 spiro atoms. The van der Waals surface area contributed by atoms with Crippen LogP contribution >= 0.6 is 23.1 Å². The van der Waals surface area contributed by atoms with Gasteiger partial charge in [-0.05, 0) is 24.6 Å². The number of nitrogens with two attached hydrogens (primary N) is 1. The van der Waals surface area contributed by atoms with Gasteiger partial charge in [0.2, 0.25) is 0 Å². The molecular formula is C18H19FN4O2S2. The molecule has 2 aromatic heterocycles. The third-order valence-electron chi connectivity index (χ3n) is 3.76. The number of H-pyrrole nitrogens is 1. The predicted octanol–water partition coefficient (Wildman–Crippen LogP) is 3.37. The van der Waals surface area contributed by atoms with Crippen LogP contribution in [0.25, 0.3) is 21.3 Å². The summed E-state index contributed by atoms with van der Waals surface area (Å²) in [7, 11) is 1.61. The first-order valence-electron chi connectivity index (χ1n) is 8.19. The van der Waals surface area contributed by atoms with Crippen LogP contribution in [0.2, 0.25) is 0 Å². The molecule has 3 N–H and O–H groups in total. The lowest BCUT2D eigenvalue weighted by atomic mass is 10.1. The van der Waals surface area contributed by atoms with Crippen molar-refractivity contribution in [2.45, 2.75) is 18.7 Å². The van der Waals surface area contributed by atoms with E-state index in [1.807, 2.05) is 12.3 Å². The van der Waals surface area contributed by atoms with E-state index in [0.29, 0.717) is 33.6 Å². The van der Waals surface area contributed by atoms with Crippen LogP contribution in [0.15, 0.2) is 39.4 Å². The first-order chi connectivity index (χ1) is 13.0. The van der Waals surface area contributed by atoms with Crippen LogP contribution < -0.4 is 11.3 Å². The van der Waals surface area contributed by atoms with E-state index in [0.717, 1.165) is 11.1 Å². The van der Waals surface area contributed by atoms with E-state index in [9.17, 15) is 9.18 Å². The zero-order valence-corrected chi connectivity index (χ0v) is 16.5. The minimum Gasteiger partial charge on any atom is -0.382 e. The Morgan fingerprint density at radius 2 is 2.19 bits per heavy atom. The van der Waals surface area contributed by atoms with E-state index in [2.05, 4.69) is 15.0 Å². The van der Waals surface area contributed by atoms with Gasteiger partial charge in [-0.15, -0.1) is 11.3 Å². The van der Waals surface area contributed by atoms with Crippen molar-refractivity contribution in [3.8, 4) is 11.1 Å². The minimum atomic E-state index is -0.316. The van der Waals surface area contributed by atoms with Gasteiger partial charge in [-0.2, -0.15) is 0 Å². The molecule has 0 aliphatic carbocycles. The lowest BCUT2D eigenvalue weighted by Gasteiger charge is -2.06. The molecule has 9 heteroatoms. The number of fused-ring (bicyclic) bond motifs is 1. The van der Waals surface area contributed by atoms with E-state index in [1.165, 1.54) is 35.2 Å². The highest BCUT2D eigenvalue weighted by Gasteiger charge is 2.13. The molecular weight excluding hydrogens is 387 g/mol. The van der Waals surface area contributed by atoms with Crippen molar-refractivity contribution in [1.82, 2.24) is 9.97 Å². The summed E-state index contributed by atoms with van der Waals surface area (Å²) in [6, 6.07) is 6.01. The van der Waals surface area contributed by atoms with Gasteiger partial charge < -0.3 is 15.5 Å². The number of aliphatic imine (C=N–C) groups is 1. The van der Waals surface area contributed by atoms with Crippen LogP contribution in [-0.2, 0) is 10.5 Å². The molecule has 0 saturated carbocycles. The number of amidine groups is 1. The molecule has 3 aromatic rings. The Hall–Kier alpha value is -2.23. The predicted molar refractivity (Wildman–Crippen MR) is 110 cm³/mol. The van der Waals surface area contributed by atoms with Crippen LogP contribution in [0, 0.1) is 5.82 Å². The number of ether oxygens (including phenoxy) is 1. The molecule has 6 nitrogen and oxygen atoms in total. The smallest absolute Gasteiger partial charge is 0.260 e. The highest BCUT2D eigenvalue weighted by atomic mass is 32.2. The van der Waals surface area contributed by atoms with Gasteiger partial charge in [0.1, 0.15) is 16.5 Å². The maximum absolute atomic E-state index is 13.1. The molecule has 1 aromatic carbocycles. The Morgan fingerprint density at radius 3 is 2.89 bits per heavy atom. The third kappa shape index (κ3) is 4.74. The molecule has 0 saturated heterocycles. The number of nitrogens with zero attached hydrogens (tertiary/aromatic N) is 2. The van der Waals surface area contributed by atoms with Crippen LogP contribution in [0.5, 0.6) is 0 Å². The number of hydrogen-bond donors (Lipinski definition) is 2.